The van der Waals surface area contributed by atoms with E-state index < -0.39 is 17.7 Å². The number of hydrogen-bond donors (Lipinski definition) is 2. The van der Waals surface area contributed by atoms with E-state index in [2.05, 4.69) is 15.6 Å². The van der Waals surface area contributed by atoms with E-state index in [0.29, 0.717) is 30.3 Å². The van der Waals surface area contributed by atoms with Crippen molar-refractivity contribution in [2.45, 2.75) is 71.8 Å². The smallest absolute Gasteiger partial charge is 0.408 e. The first kappa shape index (κ1) is 23.5. The van der Waals surface area contributed by atoms with Crippen molar-refractivity contribution in [3.63, 3.8) is 0 Å². The summed E-state index contributed by atoms with van der Waals surface area (Å²) in [6.07, 6.45) is 1.29. The third-order valence-electron chi connectivity index (χ3n) is 4.96. The molecule has 1 aliphatic rings. The maximum Gasteiger partial charge on any atom is 0.408 e. The van der Waals surface area contributed by atoms with Crippen LogP contribution >= 0.6 is 0 Å². The molecule has 0 saturated heterocycles. The van der Waals surface area contributed by atoms with Crippen LogP contribution in [0.3, 0.4) is 0 Å². The van der Waals surface area contributed by atoms with Crippen molar-refractivity contribution >= 4 is 17.7 Å². The summed E-state index contributed by atoms with van der Waals surface area (Å²) < 4.78 is 16.9. The van der Waals surface area contributed by atoms with Crippen molar-refractivity contribution in [2.24, 2.45) is 0 Å². The minimum Gasteiger partial charge on any atom is -0.444 e. The van der Waals surface area contributed by atoms with Crippen molar-refractivity contribution in [3.8, 4) is 11.6 Å². The molecule has 2 heterocycles. The molecule has 3 rings (SSSR count). The van der Waals surface area contributed by atoms with E-state index in [-0.39, 0.29) is 11.5 Å². The van der Waals surface area contributed by atoms with Crippen LogP contribution in [0.4, 0.5) is 10.5 Å². The minimum absolute atomic E-state index is 0.348. The number of amides is 2. The number of carbonyl (C=O) groups is 2. The molecule has 2 amide bonds. The van der Waals surface area contributed by atoms with Crippen LogP contribution in [0.15, 0.2) is 36.5 Å². The van der Waals surface area contributed by atoms with Gasteiger partial charge in [0, 0.05) is 6.07 Å². The normalized spacial score (nSPS) is 15.4. The van der Waals surface area contributed by atoms with Crippen LogP contribution in [0, 0.1) is 0 Å². The largest absolute Gasteiger partial charge is 0.444 e. The Kier molecular flexibility index (Phi) is 6.74. The molecule has 172 valence electrons. The van der Waals surface area contributed by atoms with E-state index in [1.54, 1.807) is 39.8 Å². The van der Waals surface area contributed by atoms with Gasteiger partial charge in [-0.05, 0) is 70.4 Å². The zero-order chi connectivity index (χ0) is 23.5. The average molecular weight is 442 g/mol. The number of ether oxygens (including phenoxy) is 3. The molecule has 0 bridgehead atoms. The van der Waals surface area contributed by atoms with Crippen molar-refractivity contribution < 1.29 is 23.8 Å². The van der Waals surface area contributed by atoms with E-state index in [1.165, 1.54) is 6.20 Å². The van der Waals surface area contributed by atoms with Gasteiger partial charge in [0.25, 0.3) is 0 Å². The van der Waals surface area contributed by atoms with Gasteiger partial charge in [0.2, 0.25) is 11.8 Å². The molecule has 0 spiro atoms. The lowest BCUT2D eigenvalue weighted by atomic mass is 9.96. The van der Waals surface area contributed by atoms with E-state index in [4.69, 9.17) is 14.2 Å². The van der Waals surface area contributed by atoms with Crippen LogP contribution in [0.5, 0.6) is 11.6 Å². The van der Waals surface area contributed by atoms with Gasteiger partial charge in [0.05, 0.1) is 24.1 Å². The molecule has 0 fully saturated rings. The quantitative estimate of drug-likeness (QED) is 0.663. The molecular formula is C24H31N3O5. The van der Waals surface area contributed by atoms with Crippen LogP contribution in [0.2, 0.25) is 0 Å². The highest BCUT2D eigenvalue weighted by molar-refractivity contribution is 5.96. The highest BCUT2D eigenvalue weighted by atomic mass is 16.6. The highest BCUT2D eigenvalue weighted by Crippen LogP contribution is 2.38. The molecular weight excluding hydrogens is 410 g/mol. The summed E-state index contributed by atoms with van der Waals surface area (Å²) in [6.45, 7) is 11.7. The number of nitrogens with one attached hydrogen (secondary N) is 2. The first-order valence-corrected chi connectivity index (χ1v) is 10.7. The molecule has 32 heavy (non-hydrogen) atoms. The number of rotatable bonds is 6. The van der Waals surface area contributed by atoms with Gasteiger partial charge >= 0.3 is 6.09 Å². The molecule has 1 atom stereocenters. The molecule has 2 aromatic rings. The third-order valence-corrected chi connectivity index (χ3v) is 4.96. The fraction of sp³-hybridized carbons (Fsp3) is 0.458. The van der Waals surface area contributed by atoms with Crippen LogP contribution < -0.4 is 15.4 Å². The molecule has 0 saturated carbocycles. The van der Waals surface area contributed by atoms with Crippen LogP contribution in [0.25, 0.3) is 0 Å². The summed E-state index contributed by atoms with van der Waals surface area (Å²) in [5, 5.41) is 5.34. The molecule has 1 aliphatic heterocycles. The number of benzene rings is 1. The Morgan fingerprint density at radius 2 is 1.97 bits per heavy atom. The SMILES string of the molecule is CC[C@@H](NC(=O)OC(C)(C)C)C(=O)Nc1ccc(Oc2ccc3c(c2)C(C)(C)OC3)nc1. The molecule has 0 radical (unpaired) electrons. The minimum atomic E-state index is -0.724. The number of anilines is 1. The second kappa shape index (κ2) is 9.16. The Morgan fingerprint density at radius 1 is 1.22 bits per heavy atom. The van der Waals surface area contributed by atoms with Gasteiger partial charge in [-0.15, -0.1) is 0 Å². The van der Waals surface area contributed by atoms with Gasteiger partial charge in [0.15, 0.2) is 0 Å². The standard InChI is InChI=1S/C24H31N3O5/c1-7-19(27-22(29)32-23(2,3)4)21(28)26-16-9-11-20(25-13-16)31-17-10-8-15-14-30-24(5,6)18(15)12-17/h8-13,19H,7,14H2,1-6H3,(H,26,28)(H,27,29)/t19-/m1/s1. The van der Waals surface area contributed by atoms with Crippen molar-refractivity contribution in [1.82, 2.24) is 10.3 Å². The zero-order valence-electron chi connectivity index (χ0n) is 19.4. The fourth-order valence-corrected chi connectivity index (χ4v) is 3.31. The average Bonchev–Trinajstić information content (AvgIpc) is 3.00. The molecule has 8 nitrogen and oxygen atoms in total. The molecule has 1 aromatic heterocycles. The van der Waals surface area contributed by atoms with Gasteiger partial charge in [0.1, 0.15) is 17.4 Å². The Balaban J connectivity index is 1.60. The number of nitrogens with zero attached hydrogens (tertiary/aromatic N) is 1. The van der Waals surface area contributed by atoms with Gasteiger partial charge in [-0.2, -0.15) is 0 Å². The van der Waals surface area contributed by atoms with Gasteiger partial charge in [-0.3, -0.25) is 4.79 Å². The van der Waals surface area contributed by atoms with Crippen LogP contribution in [0.1, 0.15) is 59.1 Å². The van der Waals surface area contributed by atoms with Gasteiger partial charge in [-0.25, -0.2) is 9.78 Å². The second-order valence-electron chi connectivity index (χ2n) is 9.20. The third kappa shape index (κ3) is 5.97. The Morgan fingerprint density at radius 3 is 2.59 bits per heavy atom. The van der Waals surface area contributed by atoms with Gasteiger partial charge in [-0.1, -0.05) is 13.0 Å². The summed E-state index contributed by atoms with van der Waals surface area (Å²) in [5.41, 5.74) is 1.76. The van der Waals surface area contributed by atoms with E-state index >= 15 is 0 Å². The number of aromatic nitrogens is 1. The fourth-order valence-electron chi connectivity index (χ4n) is 3.31. The zero-order valence-corrected chi connectivity index (χ0v) is 19.4. The van der Waals surface area contributed by atoms with Crippen LogP contribution in [-0.2, 0) is 26.5 Å². The first-order chi connectivity index (χ1) is 15.0. The van der Waals surface area contributed by atoms with Crippen LogP contribution in [-0.4, -0.2) is 28.6 Å². The summed E-state index contributed by atoms with van der Waals surface area (Å²) in [6, 6.07) is 8.49. The molecule has 0 unspecified atom stereocenters. The van der Waals surface area contributed by atoms with E-state index in [9.17, 15) is 9.59 Å². The summed E-state index contributed by atoms with van der Waals surface area (Å²) >= 11 is 0. The molecule has 0 aliphatic carbocycles. The molecule has 8 heteroatoms. The number of pyridine rings is 1. The number of hydrogen-bond acceptors (Lipinski definition) is 6. The maximum atomic E-state index is 12.5. The Labute approximate surface area is 188 Å². The molecule has 1 aromatic carbocycles. The lowest BCUT2D eigenvalue weighted by Crippen LogP contribution is -2.45. The topological polar surface area (TPSA) is 98.8 Å². The van der Waals surface area contributed by atoms with E-state index in [1.807, 2.05) is 32.0 Å². The Hall–Kier alpha value is -3.13. The van der Waals surface area contributed by atoms with Gasteiger partial charge < -0.3 is 24.8 Å². The molecule has 2 N–H and O–H groups in total. The first-order valence-electron chi connectivity index (χ1n) is 10.7. The maximum absolute atomic E-state index is 12.5. The predicted molar refractivity (Wildman–Crippen MR) is 121 cm³/mol. The van der Waals surface area contributed by atoms with Crippen molar-refractivity contribution in [3.05, 3.63) is 47.7 Å². The number of carbonyl (C=O) groups excluding carboxylic acids is 2. The number of alkyl carbamates (subject to hydrolysis) is 1. The monoisotopic (exact) mass is 441 g/mol. The second-order valence-corrected chi connectivity index (χ2v) is 9.20. The number of fused-ring (bicyclic) bond motifs is 1. The van der Waals surface area contributed by atoms with Crippen molar-refractivity contribution in [1.29, 1.82) is 0 Å². The highest BCUT2D eigenvalue weighted by Gasteiger charge is 2.31. The summed E-state index contributed by atoms with van der Waals surface area (Å²) in [5.74, 6) is 0.715. The summed E-state index contributed by atoms with van der Waals surface area (Å²) in [4.78, 5) is 28.8. The summed E-state index contributed by atoms with van der Waals surface area (Å²) in [7, 11) is 0. The predicted octanol–water partition coefficient (Wildman–Crippen LogP) is 4.88. The van der Waals surface area contributed by atoms with E-state index in [0.717, 1.165) is 11.1 Å². The van der Waals surface area contributed by atoms with Crippen molar-refractivity contribution in [2.75, 3.05) is 5.32 Å². The Bertz CT molecular complexity index is 980. The lowest BCUT2D eigenvalue weighted by molar-refractivity contribution is -0.118. The lowest BCUT2D eigenvalue weighted by Gasteiger charge is -2.22.